The highest BCUT2D eigenvalue weighted by atomic mass is 32.2. The monoisotopic (exact) mass is 331 g/mol. The second-order valence-corrected chi connectivity index (χ2v) is 7.43. The van der Waals surface area contributed by atoms with Crippen molar-refractivity contribution in [2.24, 2.45) is 0 Å². The number of aryl methyl sites for hydroxylation is 1. The molecular formula is C21H33NS. The maximum absolute atomic E-state index is 8.78. The van der Waals surface area contributed by atoms with Gasteiger partial charge in [0.1, 0.15) is 0 Å². The van der Waals surface area contributed by atoms with E-state index in [0.717, 1.165) is 12.0 Å². The molecule has 0 aliphatic heterocycles. The Morgan fingerprint density at radius 3 is 1.70 bits per heavy atom. The van der Waals surface area contributed by atoms with Crippen LogP contribution in [0.3, 0.4) is 0 Å². The average molecular weight is 332 g/mol. The van der Waals surface area contributed by atoms with Crippen LogP contribution in [0.15, 0.2) is 24.3 Å². The molecule has 0 unspecified atom stereocenters. The summed E-state index contributed by atoms with van der Waals surface area (Å²) in [5, 5.41) is 8.78. The fourth-order valence-corrected chi connectivity index (χ4v) is 3.41. The fourth-order valence-electron chi connectivity index (χ4n) is 2.91. The van der Waals surface area contributed by atoms with E-state index < -0.39 is 0 Å². The third-order valence-electron chi connectivity index (χ3n) is 4.40. The predicted molar refractivity (Wildman–Crippen MR) is 104 cm³/mol. The normalized spacial score (nSPS) is 10.6. The molecule has 0 amide bonds. The van der Waals surface area contributed by atoms with Gasteiger partial charge in [-0.1, -0.05) is 69.9 Å². The highest BCUT2D eigenvalue weighted by Gasteiger charge is 1.96. The number of nitriles is 1. The number of hydrogen-bond acceptors (Lipinski definition) is 2. The van der Waals surface area contributed by atoms with Gasteiger partial charge in [0.15, 0.2) is 0 Å². The van der Waals surface area contributed by atoms with Crippen LogP contribution in [-0.2, 0) is 6.42 Å². The zero-order valence-corrected chi connectivity index (χ0v) is 15.7. The Labute approximate surface area is 147 Å². The van der Waals surface area contributed by atoms with Gasteiger partial charge in [-0.25, -0.2) is 0 Å². The summed E-state index contributed by atoms with van der Waals surface area (Å²) in [5.41, 5.74) is 2.13. The summed E-state index contributed by atoms with van der Waals surface area (Å²) in [6.07, 6.45) is 18.7. The van der Waals surface area contributed by atoms with Gasteiger partial charge in [-0.2, -0.15) is 17.0 Å². The quantitative estimate of drug-likeness (QED) is 0.352. The van der Waals surface area contributed by atoms with Crippen LogP contribution in [0.2, 0.25) is 0 Å². The van der Waals surface area contributed by atoms with Crippen LogP contribution in [0.5, 0.6) is 0 Å². The maximum atomic E-state index is 8.78. The van der Waals surface area contributed by atoms with Gasteiger partial charge >= 0.3 is 0 Å². The molecule has 1 rings (SSSR count). The van der Waals surface area contributed by atoms with Crippen molar-refractivity contribution in [1.29, 1.82) is 5.26 Å². The van der Waals surface area contributed by atoms with E-state index in [2.05, 4.69) is 24.5 Å². The van der Waals surface area contributed by atoms with Gasteiger partial charge in [-0.3, -0.25) is 0 Å². The second-order valence-electron chi connectivity index (χ2n) is 6.44. The van der Waals surface area contributed by atoms with E-state index in [4.69, 9.17) is 5.26 Å². The lowest BCUT2D eigenvalue weighted by atomic mass is 10.0. The molecule has 0 radical (unpaired) electrons. The number of nitrogens with zero attached hydrogens (tertiary/aromatic N) is 1. The standard InChI is InChI=1S/C21H33NS/c1-23-18-12-10-8-6-4-2-3-5-7-9-11-13-20-14-16-21(19-22)17-15-20/h14-17H,2-13,18H2,1H3. The van der Waals surface area contributed by atoms with Gasteiger partial charge in [-0.05, 0) is 49.0 Å². The van der Waals surface area contributed by atoms with Crippen molar-refractivity contribution >= 4 is 11.8 Å². The number of rotatable bonds is 14. The van der Waals surface area contributed by atoms with Crippen molar-refractivity contribution in [2.75, 3.05) is 12.0 Å². The lowest BCUT2D eigenvalue weighted by Crippen LogP contribution is -1.87. The van der Waals surface area contributed by atoms with Gasteiger partial charge in [-0.15, -0.1) is 0 Å². The summed E-state index contributed by atoms with van der Waals surface area (Å²) < 4.78 is 0. The van der Waals surface area contributed by atoms with Crippen LogP contribution in [0.25, 0.3) is 0 Å². The SMILES string of the molecule is CSCCCCCCCCCCCCCc1ccc(C#N)cc1. The molecule has 2 heteroatoms. The van der Waals surface area contributed by atoms with Gasteiger partial charge in [0.2, 0.25) is 0 Å². The Balaban J connectivity index is 1.83. The van der Waals surface area contributed by atoms with Crippen molar-refractivity contribution in [2.45, 2.75) is 77.0 Å². The third-order valence-corrected chi connectivity index (χ3v) is 5.09. The predicted octanol–water partition coefficient (Wildman–Crippen LogP) is 6.75. The molecule has 0 fully saturated rings. The number of thioether (sulfide) groups is 1. The first kappa shape index (κ1) is 20.1. The molecule has 0 bridgehead atoms. The Morgan fingerprint density at radius 2 is 1.22 bits per heavy atom. The maximum Gasteiger partial charge on any atom is 0.0991 e. The molecule has 1 aromatic rings. The van der Waals surface area contributed by atoms with Crippen molar-refractivity contribution in [3.05, 3.63) is 35.4 Å². The molecule has 0 spiro atoms. The second kappa shape index (κ2) is 14.6. The van der Waals surface area contributed by atoms with Crippen molar-refractivity contribution in [3.63, 3.8) is 0 Å². The minimum Gasteiger partial charge on any atom is -0.192 e. The minimum atomic E-state index is 0.762. The molecule has 0 aromatic heterocycles. The van der Waals surface area contributed by atoms with Crippen LogP contribution in [0.1, 0.15) is 81.8 Å². The molecule has 0 aliphatic carbocycles. The molecule has 0 aliphatic rings. The minimum absolute atomic E-state index is 0.762. The van der Waals surface area contributed by atoms with Crippen molar-refractivity contribution in [3.8, 4) is 6.07 Å². The van der Waals surface area contributed by atoms with Gasteiger partial charge in [0, 0.05) is 0 Å². The van der Waals surface area contributed by atoms with E-state index in [1.165, 1.54) is 81.9 Å². The Kier molecular flexibility index (Phi) is 12.8. The highest BCUT2D eigenvalue weighted by molar-refractivity contribution is 7.98. The number of hydrogen-bond donors (Lipinski definition) is 0. The van der Waals surface area contributed by atoms with Crippen LogP contribution in [0, 0.1) is 11.3 Å². The van der Waals surface area contributed by atoms with E-state index in [9.17, 15) is 0 Å². The third kappa shape index (κ3) is 11.3. The lowest BCUT2D eigenvalue weighted by molar-refractivity contribution is 0.550. The summed E-state index contributed by atoms with van der Waals surface area (Å²) in [6, 6.07) is 10.2. The first-order chi connectivity index (χ1) is 11.4. The Morgan fingerprint density at radius 1 is 0.739 bits per heavy atom. The Bertz CT molecular complexity index is 418. The number of unbranched alkanes of at least 4 members (excludes halogenated alkanes) is 10. The zero-order chi connectivity index (χ0) is 16.6. The lowest BCUT2D eigenvalue weighted by Gasteiger charge is -2.03. The van der Waals surface area contributed by atoms with E-state index in [1.54, 1.807) is 0 Å². The average Bonchev–Trinajstić information content (AvgIpc) is 2.59. The van der Waals surface area contributed by atoms with Crippen molar-refractivity contribution < 1.29 is 0 Å². The molecule has 23 heavy (non-hydrogen) atoms. The first-order valence-electron chi connectivity index (χ1n) is 9.35. The van der Waals surface area contributed by atoms with Crippen molar-refractivity contribution in [1.82, 2.24) is 0 Å². The van der Waals surface area contributed by atoms with Crippen LogP contribution >= 0.6 is 11.8 Å². The Hall–Kier alpha value is -0.940. The molecule has 128 valence electrons. The molecule has 0 N–H and O–H groups in total. The summed E-state index contributed by atoms with van der Waals surface area (Å²) in [5.74, 6) is 1.34. The summed E-state index contributed by atoms with van der Waals surface area (Å²) in [7, 11) is 0. The molecule has 1 nitrogen and oxygen atoms in total. The zero-order valence-electron chi connectivity index (χ0n) is 14.9. The molecule has 0 saturated carbocycles. The van der Waals surface area contributed by atoms with Gasteiger partial charge in [0.25, 0.3) is 0 Å². The largest absolute Gasteiger partial charge is 0.192 e. The van der Waals surface area contributed by atoms with Crippen LogP contribution in [0.4, 0.5) is 0 Å². The molecular weight excluding hydrogens is 298 g/mol. The topological polar surface area (TPSA) is 23.8 Å². The van der Waals surface area contributed by atoms with E-state index >= 15 is 0 Å². The van der Waals surface area contributed by atoms with E-state index in [1.807, 2.05) is 23.9 Å². The summed E-state index contributed by atoms with van der Waals surface area (Å²) in [4.78, 5) is 0. The highest BCUT2D eigenvalue weighted by Crippen LogP contribution is 2.13. The van der Waals surface area contributed by atoms with Gasteiger partial charge in [0.05, 0.1) is 11.6 Å². The number of benzene rings is 1. The molecule has 0 heterocycles. The molecule has 0 atom stereocenters. The summed E-state index contributed by atoms with van der Waals surface area (Å²) in [6.45, 7) is 0. The van der Waals surface area contributed by atoms with Crippen LogP contribution in [-0.4, -0.2) is 12.0 Å². The smallest absolute Gasteiger partial charge is 0.0991 e. The summed E-state index contributed by atoms with van der Waals surface area (Å²) >= 11 is 1.97. The molecule has 0 saturated heterocycles. The van der Waals surface area contributed by atoms with E-state index in [-0.39, 0.29) is 0 Å². The molecule has 1 aromatic carbocycles. The fraction of sp³-hybridized carbons (Fsp3) is 0.667. The van der Waals surface area contributed by atoms with E-state index in [0.29, 0.717) is 0 Å². The first-order valence-corrected chi connectivity index (χ1v) is 10.7. The van der Waals surface area contributed by atoms with Gasteiger partial charge < -0.3 is 0 Å². The van der Waals surface area contributed by atoms with Crippen LogP contribution < -0.4 is 0 Å².